The summed E-state index contributed by atoms with van der Waals surface area (Å²) < 4.78 is 33.4. The van der Waals surface area contributed by atoms with Crippen molar-refractivity contribution in [2.75, 3.05) is 18.1 Å². The van der Waals surface area contributed by atoms with Gasteiger partial charge in [0, 0.05) is 48.7 Å². The second kappa shape index (κ2) is 8.14. The predicted molar refractivity (Wildman–Crippen MR) is 107 cm³/mol. The lowest BCUT2D eigenvalue weighted by Crippen LogP contribution is -2.35. The second-order valence-electron chi connectivity index (χ2n) is 7.16. The minimum absolute atomic E-state index is 0.156. The van der Waals surface area contributed by atoms with Gasteiger partial charge in [-0.05, 0) is 26.0 Å². The van der Waals surface area contributed by atoms with Crippen LogP contribution in [0.25, 0.3) is 11.5 Å². The molecule has 0 bridgehead atoms. The number of anilines is 1. The number of ether oxygens (including phenoxy) is 1. The Hall–Kier alpha value is -3.42. The van der Waals surface area contributed by atoms with Crippen LogP contribution in [-0.2, 0) is 11.2 Å². The van der Waals surface area contributed by atoms with Crippen LogP contribution in [-0.4, -0.2) is 33.9 Å². The molecule has 1 atom stereocenters. The summed E-state index contributed by atoms with van der Waals surface area (Å²) in [7, 11) is 0. The van der Waals surface area contributed by atoms with E-state index in [0.29, 0.717) is 30.2 Å². The number of hydrogen-bond donors (Lipinski definition) is 0. The average molecular weight is 410 g/mol. The van der Waals surface area contributed by atoms with Gasteiger partial charge in [0.25, 0.3) is 0 Å². The highest BCUT2D eigenvalue weighted by molar-refractivity contribution is 5.77. The molecule has 0 saturated heterocycles. The zero-order valence-electron chi connectivity index (χ0n) is 16.6. The Morgan fingerprint density at radius 2 is 2.10 bits per heavy atom. The summed E-state index contributed by atoms with van der Waals surface area (Å²) >= 11 is 0. The maximum absolute atomic E-state index is 14.2. The van der Waals surface area contributed by atoms with Gasteiger partial charge in [0.2, 0.25) is 5.82 Å². The third-order valence-electron chi connectivity index (χ3n) is 5.04. The zero-order valence-corrected chi connectivity index (χ0v) is 16.6. The highest BCUT2D eigenvalue weighted by Gasteiger charge is 2.28. The molecule has 0 N–H and O–H groups in total. The predicted octanol–water partition coefficient (Wildman–Crippen LogP) is 3.91. The van der Waals surface area contributed by atoms with Crippen molar-refractivity contribution in [1.82, 2.24) is 15.0 Å². The fourth-order valence-electron chi connectivity index (χ4n) is 3.54. The van der Waals surface area contributed by atoms with E-state index in [0.717, 1.165) is 17.3 Å². The van der Waals surface area contributed by atoms with E-state index in [1.165, 1.54) is 13.0 Å². The minimum Gasteiger partial charge on any atom is -0.483 e. The van der Waals surface area contributed by atoms with Crippen LogP contribution in [0.2, 0.25) is 0 Å². The third-order valence-corrected chi connectivity index (χ3v) is 5.04. The molecule has 0 saturated carbocycles. The molecule has 1 unspecified atom stereocenters. The molecule has 1 aliphatic rings. The summed E-state index contributed by atoms with van der Waals surface area (Å²) in [5, 5.41) is 0. The molecule has 2 aromatic heterocycles. The van der Waals surface area contributed by atoms with Crippen LogP contribution in [0.3, 0.4) is 0 Å². The Morgan fingerprint density at radius 3 is 2.83 bits per heavy atom. The number of fused-ring (bicyclic) bond motifs is 1. The van der Waals surface area contributed by atoms with Crippen molar-refractivity contribution in [1.29, 1.82) is 0 Å². The van der Waals surface area contributed by atoms with Gasteiger partial charge in [0.1, 0.15) is 12.3 Å². The van der Waals surface area contributed by atoms with Gasteiger partial charge >= 0.3 is 0 Å². The number of pyridine rings is 1. The number of aromatic nitrogens is 3. The molecule has 1 aliphatic heterocycles. The van der Waals surface area contributed by atoms with E-state index in [2.05, 4.69) is 15.0 Å². The Morgan fingerprint density at radius 1 is 1.27 bits per heavy atom. The molecule has 154 valence electrons. The van der Waals surface area contributed by atoms with Crippen LogP contribution >= 0.6 is 0 Å². The maximum atomic E-state index is 14.2. The fourth-order valence-corrected chi connectivity index (χ4v) is 3.54. The summed E-state index contributed by atoms with van der Waals surface area (Å²) in [6.07, 6.45) is 4.07. The molecular weight excluding hydrogens is 390 g/mol. The van der Waals surface area contributed by atoms with Crippen molar-refractivity contribution in [3.63, 3.8) is 0 Å². The van der Waals surface area contributed by atoms with Crippen LogP contribution in [0, 0.1) is 11.6 Å². The fraction of sp³-hybridized carbons (Fsp3) is 0.273. The summed E-state index contributed by atoms with van der Waals surface area (Å²) in [6, 6.07) is 7.97. The van der Waals surface area contributed by atoms with E-state index < -0.39 is 11.6 Å². The molecule has 6 nitrogen and oxygen atoms in total. The minimum atomic E-state index is -1.10. The SMILES string of the molecule is CC(=O)COc1cc(N2CCc3nc(-c4ccccn4)ncc3C2C)cc(F)c1F. The Bertz CT molecular complexity index is 1090. The molecule has 8 heteroatoms. The standard InChI is InChI=1S/C22H20F2N4O2/c1-13(29)12-30-20-10-15(9-17(23)21(20)24)28-8-6-18-16(14(28)2)11-26-22(27-18)19-5-3-4-7-25-19/h3-5,7,9-11,14H,6,8,12H2,1-2H3. The van der Waals surface area contributed by atoms with Crippen LogP contribution in [0.5, 0.6) is 5.75 Å². The number of carbonyl (C=O) groups excluding carboxylic acids is 1. The van der Waals surface area contributed by atoms with Crippen molar-refractivity contribution in [3.05, 3.63) is 65.6 Å². The van der Waals surface area contributed by atoms with Crippen LogP contribution in [0.15, 0.2) is 42.7 Å². The number of ketones is 1. The number of rotatable bonds is 5. The van der Waals surface area contributed by atoms with Gasteiger partial charge in [-0.15, -0.1) is 0 Å². The summed E-state index contributed by atoms with van der Waals surface area (Å²) in [5.41, 5.74) is 2.99. The van der Waals surface area contributed by atoms with Crippen LogP contribution in [0.1, 0.15) is 31.1 Å². The Labute approximate surface area is 172 Å². The number of halogens is 2. The number of Topliss-reactive ketones (excluding diaryl/α,β-unsaturated/α-hetero) is 1. The number of carbonyl (C=O) groups is 1. The van der Waals surface area contributed by atoms with E-state index in [9.17, 15) is 13.6 Å². The zero-order chi connectivity index (χ0) is 21.3. The Kier molecular flexibility index (Phi) is 5.39. The molecule has 4 rings (SSSR count). The van der Waals surface area contributed by atoms with Gasteiger partial charge < -0.3 is 9.64 Å². The van der Waals surface area contributed by atoms with E-state index in [1.807, 2.05) is 30.0 Å². The van der Waals surface area contributed by atoms with E-state index in [4.69, 9.17) is 4.74 Å². The van der Waals surface area contributed by atoms with Gasteiger partial charge in [0.05, 0.1) is 11.7 Å². The molecular formula is C22H20F2N4O2. The second-order valence-corrected chi connectivity index (χ2v) is 7.16. The van der Waals surface area contributed by atoms with Crippen molar-refractivity contribution >= 4 is 11.5 Å². The van der Waals surface area contributed by atoms with E-state index >= 15 is 0 Å². The molecule has 30 heavy (non-hydrogen) atoms. The lowest BCUT2D eigenvalue weighted by Gasteiger charge is -2.36. The lowest BCUT2D eigenvalue weighted by molar-refractivity contribution is -0.118. The molecule has 3 heterocycles. The summed E-state index contributed by atoms with van der Waals surface area (Å²) in [5.74, 6) is -2.12. The topological polar surface area (TPSA) is 68.2 Å². The third kappa shape index (κ3) is 3.85. The van der Waals surface area contributed by atoms with Gasteiger partial charge in [-0.2, -0.15) is 4.39 Å². The first-order valence-corrected chi connectivity index (χ1v) is 9.59. The van der Waals surface area contributed by atoms with Crippen molar-refractivity contribution in [3.8, 4) is 17.3 Å². The highest BCUT2D eigenvalue weighted by Crippen LogP contribution is 2.36. The van der Waals surface area contributed by atoms with Crippen molar-refractivity contribution < 1.29 is 18.3 Å². The summed E-state index contributed by atoms with van der Waals surface area (Å²) in [4.78, 5) is 26.5. The first kappa shape index (κ1) is 19.9. The van der Waals surface area contributed by atoms with Gasteiger partial charge in [0.15, 0.2) is 23.2 Å². The monoisotopic (exact) mass is 410 g/mol. The molecule has 0 fully saturated rings. The van der Waals surface area contributed by atoms with Crippen molar-refractivity contribution in [2.24, 2.45) is 0 Å². The smallest absolute Gasteiger partial charge is 0.200 e. The largest absolute Gasteiger partial charge is 0.483 e. The Balaban J connectivity index is 1.63. The molecule has 0 aliphatic carbocycles. The van der Waals surface area contributed by atoms with Gasteiger partial charge in [-0.1, -0.05) is 6.07 Å². The van der Waals surface area contributed by atoms with E-state index in [1.54, 1.807) is 12.4 Å². The number of nitrogens with zero attached hydrogens (tertiary/aromatic N) is 4. The van der Waals surface area contributed by atoms with Gasteiger partial charge in [-0.25, -0.2) is 14.4 Å². The molecule has 0 spiro atoms. The molecule has 1 aromatic carbocycles. The van der Waals surface area contributed by atoms with Gasteiger partial charge in [-0.3, -0.25) is 9.78 Å². The first-order valence-electron chi connectivity index (χ1n) is 9.59. The lowest BCUT2D eigenvalue weighted by atomic mass is 9.98. The first-order chi connectivity index (χ1) is 14.4. The number of benzene rings is 1. The van der Waals surface area contributed by atoms with E-state index in [-0.39, 0.29) is 24.2 Å². The molecule has 3 aromatic rings. The van der Waals surface area contributed by atoms with Crippen LogP contribution < -0.4 is 9.64 Å². The number of hydrogen-bond acceptors (Lipinski definition) is 6. The molecule has 0 radical (unpaired) electrons. The normalized spacial score (nSPS) is 15.6. The molecule has 0 amide bonds. The maximum Gasteiger partial charge on any atom is 0.200 e. The highest BCUT2D eigenvalue weighted by atomic mass is 19.2. The summed E-state index contributed by atoms with van der Waals surface area (Å²) in [6.45, 7) is 3.52. The average Bonchev–Trinajstić information content (AvgIpc) is 2.75. The quantitative estimate of drug-likeness (QED) is 0.635. The van der Waals surface area contributed by atoms with Crippen molar-refractivity contribution in [2.45, 2.75) is 26.3 Å². The van der Waals surface area contributed by atoms with Crippen LogP contribution in [0.4, 0.5) is 14.5 Å².